The molecular weight excluding hydrogens is 274 g/mol. The van der Waals surface area contributed by atoms with Crippen molar-refractivity contribution in [3.63, 3.8) is 0 Å². The van der Waals surface area contributed by atoms with E-state index >= 15 is 0 Å². The molecule has 0 aliphatic carbocycles. The second-order valence-corrected chi connectivity index (χ2v) is 4.91. The molecule has 1 aromatic heterocycles. The average Bonchev–Trinajstić information content (AvgIpc) is 2.53. The van der Waals surface area contributed by atoms with Gasteiger partial charge >= 0.3 is 12.4 Å². The van der Waals surface area contributed by atoms with Crippen molar-refractivity contribution >= 4 is 0 Å². The van der Waals surface area contributed by atoms with Gasteiger partial charge in [0.1, 0.15) is 17.3 Å². The van der Waals surface area contributed by atoms with Gasteiger partial charge in [0.25, 0.3) is 0 Å². The van der Waals surface area contributed by atoms with E-state index in [0.717, 1.165) is 0 Å². The molecule has 0 unspecified atom stereocenters. The first-order valence-corrected chi connectivity index (χ1v) is 5.10. The summed E-state index contributed by atoms with van der Waals surface area (Å²) in [6, 6.07) is 1.21. The fourth-order valence-corrected chi connectivity index (χ4v) is 1.65. The first-order chi connectivity index (χ1) is 8.30. The number of halogens is 6. The summed E-state index contributed by atoms with van der Waals surface area (Å²) >= 11 is 0. The third kappa shape index (κ3) is 2.85. The van der Waals surface area contributed by atoms with Gasteiger partial charge in [-0.2, -0.15) is 31.6 Å². The minimum absolute atomic E-state index is 0.335. The van der Waals surface area contributed by atoms with E-state index in [1.165, 1.54) is 26.8 Å². The second-order valence-electron chi connectivity index (χ2n) is 4.91. The largest absolute Gasteiger partial charge is 0.419 e. The Balaban J connectivity index is 3.78. The lowest BCUT2D eigenvalue weighted by Gasteiger charge is -2.22. The third-order valence-electron chi connectivity index (χ3n) is 2.42. The third-order valence-corrected chi connectivity index (χ3v) is 2.42. The highest BCUT2D eigenvalue weighted by atomic mass is 19.4. The molecule has 1 aromatic rings. The van der Waals surface area contributed by atoms with E-state index in [-0.39, 0.29) is 0 Å². The predicted molar refractivity (Wildman–Crippen MR) is 54.1 cm³/mol. The van der Waals surface area contributed by atoms with Gasteiger partial charge in [-0.1, -0.05) is 0 Å². The van der Waals surface area contributed by atoms with Gasteiger partial charge in [-0.05, 0) is 20.8 Å². The number of hydrogen-bond acceptors (Lipinski definition) is 1. The SMILES string of the molecule is CC(C)(C)n1cc(C(F)(F)F)c(C(F)(F)F)c1C#N. The zero-order chi connectivity index (χ0) is 15.2. The van der Waals surface area contributed by atoms with E-state index in [1.54, 1.807) is 0 Å². The number of hydrogen-bond donors (Lipinski definition) is 0. The summed E-state index contributed by atoms with van der Waals surface area (Å²) in [6.07, 6.45) is -10.1. The van der Waals surface area contributed by atoms with Gasteiger partial charge in [0, 0.05) is 11.7 Å². The molecule has 0 fully saturated rings. The monoisotopic (exact) mass is 284 g/mol. The van der Waals surface area contributed by atoms with Gasteiger partial charge < -0.3 is 4.57 Å². The number of nitrogens with zero attached hydrogens (tertiary/aromatic N) is 2. The van der Waals surface area contributed by atoms with Crippen LogP contribution in [0.4, 0.5) is 26.3 Å². The zero-order valence-electron chi connectivity index (χ0n) is 10.2. The van der Waals surface area contributed by atoms with Crippen LogP contribution in [0.1, 0.15) is 37.6 Å². The van der Waals surface area contributed by atoms with Gasteiger partial charge in [0.15, 0.2) is 0 Å². The van der Waals surface area contributed by atoms with Crippen LogP contribution >= 0.6 is 0 Å². The van der Waals surface area contributed by atoms with Crippen LogP contribution in [0.5, 0.6) is 0 Å². The maximum Gasteiger partial charge on any atom is 0.419 e. The number of nitriles is 1. The van der Waals surface area contributed by atoms with Crippen molar-refractivity contribution in [3.8, 4) is 6.07 Å². The molecule has 0 N–H and O–H groups in total. The summed E-state index contributed by atoms with van der Waals surface area (Å²) in [5.41, 5.74) is -5.88. The van der Waals surface area contributed by atoms with Crippen LogP contribution in [-0.2, 0) is 17.9 Å². The standard InChI is InChI=1S/C11H10F6N2/c1-9(2,3)19-5-6(10(12,13)14)8(7(19)4-18)11(15,16)17/h5H,1-3H3. The smallest absolute Gasteiger partial charge is 0.333 e. The zero-order valence-corrected chi connectivity index (χ0v) is 10.2. The van der Waals surface area contributed by atoms with Crippen molar-refractivity contribution in [2.45, 2.75) is 38.7 Å². The van der Waals surface area contributed by atoms with E-state index in [1.807, 2.05) is 0 Å². The maximum atomic E-state index is 12.8. The van der Waals surface area contributed by atoms with E-state index in [2.05, 4.69) is 0 Å². The highest BCUT2D eigenvalue weighted by molar-refractivity contribution is 5.44. The predicted octanol–water partition coefficient (Wildman–Crippen LogP) is 4.15. The van der Waals surface area contributed by atoms with Crippen molar-refractivity contribution in [2.75, 3.05) is 0 Å². The molecular formula is C11H10F6N2. The molecule has 1 heterocycles. The Kier molecular flexibility index (Phi) is 3.39. The van der Waals surface area contributed by atoms with Crippen LogP contribution in [0, 0.1) is 11.3 Å². The molecule has 1 rings (SSSR count). The first kappa shape index (κ1) is 15.4. The quantitative estimate of drug-likeness (QED) is 0.658. The fraction of sp³-hybridized carbons (Fsp3) is 0.545. The molecule has 0 aliphatic heterocycles. The van der Waals surface area contributed by atoms with Crippen LogP contribution in [-0.4, -0.2) is 4.57 Å². The van der Waals surface area contributed by atoms with Gasteiger partial charge in [-0.15, -0.1) is 0 Å². The van der Waals surface area contributed by atoms with Gasteiger partial charge in [0.2, 0.25) is 0 Å². The Hall–Kier alpha value is -1.65. The summed E-state index contributed by atoms with van der Waals surface area (Å²) < 4.78 is 77.0. The Morgan fingerprint density at radius 2 is 1.47 bits per heavy atom. The molecule has 2 nitrogen and oxygen atoms in total. The molecule has 106 valence electrons. The normalized spacial score (nSPS) is 13.5. The van der Waals surface area contributed by atoms with Crippen molar-refractivity contribution in [2.24, 2.45) is 0 Å². The number of aromatic nitrogens is 1. The fourth-order valence-electron chi connectivity index (χ4n) is 1.65. The summed E-state index contributed by atoms with van der Waals surface area (Å²) in [6.45, 7) is 4.23. The molecule has 0 atom stereocenters. The maximum absolute atomic E-state index is 12.8. The number of rotatable bonds is 0. The Morgan fingerprint density at radius 1 is 1.00 bits per heavy atom. The van der Waals surface area contributed by atoms with E-state index < -0.39 is 34.7 Å². The van der Waals surface area contributed by atoms with Gasteiger partial charge in [0.05, 0.1) is 5.56 Å². The van der Waals surface area contributed by atoms with Crippen LogP contribution in [0.25, 0.3) is 0 Å². The van der Waals surface area contributed by atoms with Crippen molar-refractivity contribution < 1.29 is 26.3 Å². The molecule has 0 spiro atoms. The molecule has 0 radical (unpaired) electrons. The Morgan fingerprint density at radius 3 is 1.74 bits per heavy atom. The summed E-state index contributed by atoms with van der Waals surface area (Å²) in [4.78, 5) is 0. The van der Waals surface area contributed by atoms with Crippen LogP contribution in [0.2, 0.25) is 0 Å². The molecule has 0 saturated heterocycles. The molecule has 0 aromatic carbocycles. The second kappa shape index (κ2) is 4.18. The van der Waals surface area contributed by atoms with E-state index in [0.29, 0.717) is 10.8 Å². The Bertz CT molecular complexity index is 522. The summed E-state index contributed by atoms with van der Waals surface area (Å²) in [5, 5.41) is 8.77. The van der Waals surface area contributed by atoms with Gasteiger partial charge in [-0.25, -0.2) is 0 Å². The van der Waals surface area contributed by atoms with Crippen molar-refractivity contribution in [1.29, 1.82) is 5.26 Å². The molecule has 0 aliphatic rings. The van der Waals surface area contributed by atoms with Crippen molar-refractivity contribution in [3.05, 3.63) is 23.0 Å². The highest BCUT2D eigenvalue weighted by Gasteiger charge is 2.48. The lowest BCUT2D eigenvalue weighted by atomic mass is 10.1. The minimum Gasteiger partial charge on any atom is -0.333 e. The van der Waals surface area contributed by atoms with Crippen LogP contribution in [0.3, 0.4) is 0 Å². The molecule has 8 heteroatoms. The molecule has 0 bridgehead atoms. The summed E-state index contributed by atoms with van der Waals surface area (Å²) in [5.74, 6) is 0. The molecule has 0 amide bonds. The topological polar surface area (TPSA) is 28.7 Å². The van der Waals surface area contributed by atoms with E-state index in [9.17, 15) is 26.3 Å². The van der Waals surface area contributed by atoms with Crippen LogP contribution in [0.15, 0.2) is 6.20 Å². The van der Waals surface area contributed by atoms with Crippen LogP contribution < -0.4 is 0 Å². The van der Waals surface area contributed by atoms with Crippen molar-refractivity contribution in [1.82, 2.24) is 4.57 Å². The minimum atomic E-state index is -5.24. The average molecular weight is 284 g/mol. The van der Waals surface area contributed by atoms with Gasteiger partial charge in [-0.3, -0.25) is 0 Å². The Labute approximate surface area is 105 Å². The lowest BCUT2D eigenvalue weighted by molar-refractivity contribution is -0.161. The first-order valence-electron chi connectivity index (χ1n) is 5.10. The highest BCUT2D eigenvalue weighted by Crippen LogP contribution is 2.44. The molecule has 19 heavy (non-hydrogen) atoms. The molecule has 0 saturated carbocycles. The number of alkyl halides is 6. The summed E-state index contributed by atoms with van der Waals surface area (Å²) in [7, 11) is 0. The van der Waals surface area contributed by atoms with E-state index in [4.69, 9.17) is 5.26 Å². The lowest BCUT2D eigenvalue weighted by Crippen LogP contribution is -2.23.